The zero-order chi connectivity index (χ0) is 24.8. The molecule has 6 rings (SSSR count). The van der Waals surface area contributed by atoms with Gasteiger partial charge in [-0.1, -0.05) is 24.3 Å². The Hall–Kier alpha value is -3.51. The van der Waals surface area contributed by atoms with E-state index in [4.69, 9.17) is 18.9 Å². The van der Waals surface area contributed by atoms with Gasteiger partial charge >= 0.3 is 5.97 Å². The number of aliphatic carboxylic acids is 1. The van der Waals surface area contributed by atoms with E-state index in [1.54, 1.807) is 0 Å². The zero-order valence-corrected chi connectivity index (χ0v) is 20.5. The molecule has 2 heterocycles. The van der Waals surface area contributed by atoms with Crippen LogP contribution in [0, 0.1) is 19.8 Å². The Kier molecular flexibility index (Phi) is 5.84. The summed E-state index contributed by atoms with van der Waals surface area (Å²) < 4.78 is 23.7. The van der Waals surface area contributed by atoms with E-state index in [1.807, 2.05) is 18.2 Å². The fourth-order valence-corrected chi connectivity index (χ4v) is 5.61. The van der Waals surface area contributed by atoms with Crippen molar-refractivity contribution < 1.29 is 28.8 Å². The van der Waals surface area contributed by atoms with Crippen molar-refractivity contribution in [1.29, 1.82) is 0 Å². The molecular weight excluding hydrogens is 456 g/mol. The standard InChI is InChI=1S/C30H30O6/c1-17-12-22(35-25-8-3-4-11-33-25)13-18(2)26(17)20-7-5-6-19(14-20)16-34-21-9-10-23-24(15-21)36-29-27(23)28(29)30(31)32/h5-7,9-10,12-15,25,27-29H,3-4,8,11,16H2,1-2H3,(H,31,32). The number of hydrogen-bond acceptors (Lipinski definition) is 5. The fourth-order valence-electron chi connectivity index (χ4n) is 5.61. The highest BCUT2D eigenvalue weighted by Gasteiger charge is 2.63. The first-order valence-corrected chi connectivity index (χ1v) is 12.6. The molecule has 4 atom stereocenters. The minimum Gasteiger partial charge on any atom is -0.489 e. The number of benzene rings is 3. The fraction of sp³-hybridized carbons (Fsp3) is 0.367. The van der Waals surface area contributed by atoms with Crippen molar-refractivity contribution >= 4 is 5.97 Å². The van der Waals surface area contributed by atoms with Crippen LogP contribution in [0.4, 0.5) is 0 Å². The van der Waals surface area contributed by atoms with Gasteiger partial charge in [-0.2, -0.15) is 0 Å². The Labute approximate surface area is 210 Å². The lowest BCUT2D eigenvalue weighted by atomic mass is 9.94. The largest absolute Gasteiger partial charge is 0.489 e. The van der Waals surface area contributed by atoms with Crippen LogP contribution in [-0.4, -0.2) is 30.1 Å². The summed E-state index contributed by atoms with van der Waals surface area (Å²) in [4.78, 5) is 11.3. The van der Waals surface area contributed by atoms with Crippen LogP contribution in [0.2, 0.25) is 0 Å². The van der Waals surface area contributed by atoms with Crippen LogP contribution in [0.25, 0.3) is 11.1 Å². The maximum absolute atomic E-state index is 11.3. The molecule has 6 nitrogen and oxygen atoms in total. The Morgan fingerprint density at radius 1 is 1.03 bits per heavy atom. The molecule has 0 amide bonds. The van der Waals surface area contributed by atoms with E-state index in [-0.39, 0.29) is 18.3 Å². The molecule has 0 bridgehead atoms. The van der Waals surface area contributed by atoms with Gasteiger partial charge in [0.1, 0.15) is 35.9 Å². The molecular formula is C30H30O6. The minimum absolute atomic E-state index is 0.0262. The number of hydrogen-bond donors (Lipinski definition) is 1. The first kappa shape index (κ1) is 22.9. The van der Waals surface area contributed by atoms with Gasteiger partial charge in [-0.25, -0.2) is 0 Å². The van der Waals surface area contributed by atoms with Crippen LogP contribution in [0.3, 0.4) is 0 Å². The van der Waals surface area contributed by atoms with E-state index in [1.165, 1.54) is 5.56 Å². The molecule has 3 aromatic carbocycles. The minimum atomic E-state index is -0.790. The summed E-state index contributed by atoms with van der Waals surface area (Å²) in [5.41, 5.74) is 6.70. The predicted molar refractivity (Wildman–Crippen MR) is 135 cm³/mol. The molecule has 0 aromatic heterocycles. The van der Waals surface area contributed by atoms with Gasteiger partial charge in [-0.15, -0.1) is 0 Å². The predicted octanol–water partition coefficient (Wildman–Crippen LogP) is 6.01. The molecule has 4 unspecified atom stereocenters. The quantitative estimate of drug-likeness (QED) is 0.441. The van der Waals surface area contributed by atoms with Crippen molar-refractivity contribution in [2.45, 2.75) is 58.0 Å². The second-order valence-corrected chi connectivity index (χ2v) is 10.0. The second-order valence-electron chi connectivity index (χ2n) is 10.0. The first-order chi connectivity index (χ1) is 17.5. The van der Waals surface area contributed by atoms with E-state index in [0.717, 1.165) is 65.2 Å². The number of carboxylic acids is 1. The zero-order valence-electron chi connectivity index (χ0n) is 20.5. The number of carbonyl (C=O) groups is 1. The van der Waals surface area contributed by atoms with E-state index >= 15 is 0 Å². The number of ether oxygens (including phenoxy) is 4. The van der Waals surface area contributed by atoms with Crippen LogP contribution >= 0.6 is 0 Å². The molecule has 36 heavy (non-hydrogen) atoms. The summed E-state index contributed by atoms with van der Waals surface area (Å²) in [6.45, 7) is 5.42. The molecule has 2 fully saturated rings. The van der Waals surface area contributed by atoms with Crippen LogP contribution in [-0.2, 0) is 16.1 Å². The van der Waals surface area contributed by atoms with Crippen molar-refractivity contribution in [3.8, 4) is 28.4 Å². The Balaban J connectivity index is 1.14. The van der Waals surface area contributed by atoms with Gasteiger partial charge in [-0.3, -0.25) is 4.79 Å². The molecule has 1 saturated heterocycles. The Bertz CT molecular complexity index is 1290. The number of rotatable bonds is 7. The summed E-state index contributed by atoms with van der Waals surface area (Å²) in [6.07, 6.45) is 2.79. The highest BCUT2D eigenvalue weighted by Crippen LogP contribution is 2.58. The smallest absolute Gasteiger partial charge is 0.311 e. The Morgan fingerprint density at radius 2 is 1.86 bits per heavy atom. The van der Waals surface area contributed by atoms with Crippen molar-refractivity contribution in [2.24, 2.45) is 5.92 Å². The average molecular weight is 487 g/mol. The summed E-state index contributed by atoms with van der Waals surface area (Å²) in [6, 6.07) is 18.3. The monoisotopic (exact) mass is 486 g/mol. The molecule has 3 aliphatic rings. The van der Waals surface area contributed by atoms with Gasteiger partial charge in [-0.05, 0) is 78.8 Å². The average Bonchev–Trinajstić information content (AvgIpc) is 3.46. The maximum atomic E-state index is 11.3. The third-order valence-electron chi connectivity index (χ3n) is 7.38. The summed E-state index contributed by atoms with van der Waals surface area (Å²) in [5, 5.41) is 9.25. The lowest BCUT2D eigenvalue weighted by molar-refractivity contribution is -0.139. The van der Waals surface area contributed by atoms with Crippen molar-refractivity contribution in [2.75, 3.05) is 6.61 Å². The van der Waals surface area contributed by atoms with Crippen LogP contribution < -0.4 is 14.2 Å². The van der Waals surface area contributed by atoms with E-state index in [2.05, 4.69) is 50.2 Å². The third-order valence-corrected chi connectivity index (χ3v) is 7.38. The lowest BCUT2D eigenvalue weighted by Gasteiger charge is -2.24. The van der Waals surface area contributed by atoms with Crippen molar-refractivity contribution in [3.05, 3.63) is 76.9 Å². The Morgan fingerprint density at radius 3 is 2.61 bits per heavy atom. The van der Waals surface area contributed by atoms with E-state index < -0.39 is 11.9 Å². The van der Waals surface area contributed by atoms with Gasteiger partial charge in [0.25, 0.3) is 0 Å². The van der Waals surface area contributed by atoms with Gasteiger partial charge < -0.3 is 24.1 Å². The number of carboxylic acid groups (broad SMARTS) is 1. The lowest BCUT2D eigenvalue weighted by Crippen LogP contribution is -2.25. The third kappa shape index (κ3) is 4.30. The van der Waals surface area contributed by atoms with Crippen molar-refractivity contribution in [3.63, 3.8) is 0 Å². The summed E-state index contributed by atoms with van der Waals surface area (Å²) in [5.74, 6) is 1.07. The molecule has 6 heteroatoms. The molecule has 2 aliphatic heterocycles. The maximum Gasteiger partial charge on any atom is 0.311 e. The number of aryl methyl sites for hydroxylation is 2. The highest BCUT2D eigenvalue weighted by atomic mass is 16.7. The molecule has 1 saturated carbocycles. The molecule has 0 spiro atoms. The summed E-state index contributed by atoms with van der Waals surface area (Å²) in [7, 11) is 0. The first-order valence-electron chi connectivity index (χ1n) is 12.6. The normalized spacial score (nSPS) is 23.8. The van der Waals surface area contributed by atoms with Crippen molar-refractivity contribution in [1.82, 2.24) is 0 Å². The van der Waals surface area contributed by atoms with Crippen LogP contribution in [0.5, 0.6) is 17.2 Å². The van der Waals surface area contributed by atoms with E-state index in [0.29, 0.717) is 12.4 Å². The molecule has 3 aromatic rings. The highest BCUT2D eigenvalue weighted by molar-refractivity contribution is 5.79. The number of fused-ring (bicyclic) bond motifs is 3. The molecule has 0 radical (unpaired) electrons. The molecule has 186 valence electrons. The van der Waals surface area contributed by atoms with Crippen LogP contribution in [0.1, 0.15) is 47.4 Å². The van der Waals surface area contributed by atoms with Gasteiger partial charge in [0.05, 0.1) is 6.61 Å². The van der Waals surface area contributed by atoms with E-state index in [9.17, 15) is 9.90 Å². The molecule has 1 aliphatic carbocycles. The van der Waals surface area contributed by atoms with Crippen LogP contribution in [0.15, 0.2) is 54.6 Å². The van der Waals surface area contributed by atoms with Gasteiger partial charge in [0.2, 0.25) is 0 Å². The second kappa shape index (κ2) is 9.17. The topological polar surface area (TPSA) is 74.2 Å². The van der Waals surface area contributed by atoms with Gasteiger partial charge in [0, 0.05) is 24.0 Å². The summed E-state index contributed by atoms with van der Waals surface area (Å²) >= 11 is 0. The SMILES string of the molecule is Cc1cc(OC2CCCCO2)cc(C)c1-c1cccc(COc2ccc3c(c2)OC2C(C(=O)O)C32)c1. The van der Waals surface area contributed by atoms with Gasteiger partial charge in [0.15, 0.2) is 6.29 Å². The molecule has 1 N–H and O–H groups in total.